The number of aryl methyl sites for hydroxylation is 1. The lowest BCUT2D eigenvalue weighted by Gasteiger charge is -2.38. The van der Waals surface area contributed by atoms with Gasteiger partial charge in [-0.2, -0.15) is 0 Å². The van der Waals surface area contributed by atoms with Gasteiger partial charge >= 0.3 is 0 Å². The van der Waals surface area contributed by atoms with E-state index in [1.165, 1.54) is 19.1 Å². The van der Waals surface area contributed by atoms with Crippen LogP contribution in [0.5, 0.6) is 11.5 Å². The number of fused-ring (bicyclic) bond motifs is 1. The summed E-state index contributed by atoms with van der Waals surface area (Å²) in [6.07, 6.45) is 1.10. The van der Waals surface area contributed by atoms with Crippen LogP contribution in [0.15, 0.2) is 45.6 Å². The quantitative estimate of drug-likeness (QED) is 0.345. The normalized spacial score (nSPS) is 13.1. The number of carbonyl (C=O) groups is 1. The molecule has 0 bridgehead atoms. The highest BCUT2D eigenvalue weighted by Gasteiger charge is 2.43. The van der Waals surface area contributed by atoms with Gasteiger partial charge in [0.2, 0.25) is 17.6 Å². The number of amides is 1. The summed E-state index contributed by atoms with van der Waals surface area (Å²) in [4.78, 5) is 29.2. The van der Waals surface area contributed by atoms with Crippen molar-refractivity contribution in [2.45, 2.75) is 19.1 Å². The number of nitrogens with zero attached hydrogens (tertiary/aromatic N) is 2. The summed E-state index contributed by atoms with van der Waals surface area (Å²) in [5, 5.41) is 12.9. The summed E-state index contributed by atoms with van der Waals surface area (Å²) in [7, 11) is 6.79. The molecular formula is C25H29ClN2O6. The zero-order valence-electron chi connectivity index (χ0n) is 19.9. The summed E-state index contributed by atoms with van der Waals surface area (Å²) in [6.45, 7) is 2.44. The van der Waals surface area contributed by atoms with Crippen molar-refractivity contribution in [3.05, 3.63) is 68.5 Å². The van der Waals surface area contributed by atoms with Gasteiger partial charge in [0.05, 0.1) is 25.2 Å². The standard InChI is InChI=1S/C25H29ClN2O6/c1-16-23(24(30)19-9-8-18(26)14-21(19)34-16)25(31,28(15-29)12-6-11-27(2)3)17-7-10-20(32-4)22(13-17)33-5/h7-10,13-15,31H,6,11-12H2,1-5H3. The maximum absolute atomic E-state index is 13.7. The van der Waals surface area contributed by atoms with E-state index in [1.54, 1.807) is 43.3 Å². The predicted octanol–water partition coefficient (Wildman–Crippen LogP) is 3.38. The first-order valence-electron chi connectivity index (χ1n) is 10.7. The van der Waals surface area contributed by atoms with Crippen LogP contribution in [0.1, 0.15) is 23.3 Å². The molecule has 9 heteroatoms. The fourth-order valence-electron chi connectivity index (χ4n) is 4.04. The Morgan fingerprint density at radius 2 is 1.79 bits per heavy atom. The van der Waals surface area contributed by atoms with Gasteiger partial charge in [-0.15, -0.1) is 0 Å². The molecule has 0 saturated heterocycles. The SMILES string of the molecule is COc1ccc(C(O)(c2c(C)oc3cc(Cl)ccc3c2=O)N(C=O)CCCN(C)C)cc1OC. The van der Waals surface area contributed by atoms with Crippen LogP contribution in [-0.2, 0) is 10.5 Å². The first-order chi connectivity index (χ1) is 16.2. The van der Waals surface area contributed by atoms with Gasteiger partial charge in [-0.1, -0.05) is 11.6 Å². The molecule has 1 amide bonds. The lowest BCUT2D eigenvalue weighted by Crippen LogP contribution is -2.50. The molecular weight excluding hydrogens is 460 g/mol. The van der Waals surface area contributed by atoms with Gasteiger partial charge in [-0.05, 0) is 64.3 Å². The highest BCUT2D eigenvalue weighted by atomic mass is 35.5. The van der Waals surface area contributed by atoms with E-state index in [0.717, 1.165) is 0 Å². The molecule has 2 aromatic carbocycles. The molecule has 0 radical (unpaired) electrons. The van der Waals surface area contributed by atoms with E-state index < -0.39 is 11.2 Å². The van der Waals surface area contributed by atoms with Crippen molar-refractivity contribution < 1.29 is 23.8 Å². The molecule has 0 aliphatic heterocycles. The number of carbonyl (C=O) groups excluding carboxylic acids is 1. The van der Waals surface area contributed by atoms with Crippen LogP contribution in [0, 0.1) is 6.92 Å². The monoisotopic (exact) mass is 488 g/mol. The molecule has 0 saturated carbocycles. The molecule has 8 nitrogen and oxygen atoms in total. The van der Waals surface area contributed by atoms with Crippen LogP contribution in [0.3, 0.4) is 0 Å². The van der Waals surface area contributed by atoms with Crippen LogP contribution in [-0.4, -0.2) is 62.7 Å². The Hall–Kier alpha value is -3.07. The minimum atomic E-state index is -2.13. The largest absolute Gasteiger partial charge is 0.493 e. The van der Waals surface area contributed by atoms with Crippen molar-refractivity contribution in [3.63, 3.8) is 0 Å². The Kier molecular flexibility index (Phi) is 7.86. The van der Waals surface area contributed by atoms with Crippen molar-refractivity contribution in [3.8, 4) is 11.5 Å². The molecule has 0 fully saturated rings. The maximum Gasteiger partial charge on any atom is 0.212 e. The second kappa shape index (κ2) is 10.5. The van der Waals surface area contributed by atoms with Crippen LogP contribution in [0.4, 0.5) is 0 Å². The van der Waals surface area contributed by atoms with Crippen molar-refractivity contribution >= 4 is 29.0 Å². The first-order valence-corrected chi connectivity index (χ1v) is 11.1. The maximum atomic E-state index is 13.7. The molecule has 0 spiro atoms. The summed E-state index contributed by atoms with van der Waals surface area (Å²) in [5.74, 6) is 0.944. The summed E-state index contributed by atoms with van der Waals surface area (Å²) in [5.41, 5.74) is -2.12. The third-order valence-corrected chi connectivity index (χ3v) is 5.95. The number of methoxy groups -OCH3 is 2. The number of halogens is 1. The molecule has 34 heavy (non-hydrogen) atoms. The number of hydrogen-bond acceptors (Lipinski definition) is 7. The number of aliphatic hydroxyl groups is 1. The molecule has 1 heterocycles. The van der Waals surface area contributed by atoms with Gasteiger partial charge in [0.15, 0.2) is 11.5 Å². The number of rotatable bonds is 10. The second-order valence-electron chi connectivity index (χ2n) is 8.20. The predicted molar refractivity (Wildman–Crippen MR) is 131 cm³/mol. The zero-order chi connectivity index (χ0) is 25.0. The van der Waals surface area contributed by atoms with Gasteiger partial charge in [0.1, 0.15) is 11.3 Å². The molecule has 3 rings (SSSR count). The second-order valence-corrected chi connectivity index (χ2v) is 8.64. The number of ether oxygens (including phenoxy) is 2. The minimum absolute atomic E-state index is 0.0634. The lowest BCUT2D eigenvalue weighted by atomic mass is 9.90. The Balaban J connectivity index is 2.31. The van der Waals surface area contributed by atoms with E-state index in [-0.39, 0.29) is 28.8 Å². The van der Waals surface area contributed by atoms with E-state index in [2.05, 4.69) is 0 Å². The van der Waals surface area contributed by atoms with Crippen molar-refractivity contribution in [2.24, 2.45) is 0 Å². The molecule has 0 aliphatic carbocycles. The van der Waals surface area contributed by atoms with Gasteiger partial charge in [-0.25, -0.2) is 0 Å². The number of benzene rings is 2. The fourth-order valence-corrected chi connectivity index (χ4v) is 4.20. The summed E-state index contributed by atoms with van der Waals surface area (Å²) in [6, 6.07) is 9.41. The molecule has 1 aromatic heterocycles. The topological polar surface area (TPSA) is 92.5 Å². The van der Waals surface area contributed by atoms with E-state index in [4.69, 9.17) is 25.5 Å². The Labute approximate surface area is 203 Å². The molecule has 3 aromatic rings. The first kappa shape index (κ1) is 25.6. The summed E-state index contributed by atoms with van der Waals surface area (Å²) < 4.78 is 16.6. The average Bonchev–Trinajstić information content (AvgIpc) is 2.80. The smallest absolute Gasteiger partial charge is 0.212 e. The summed E-state index contributed by atoms with van der Waals surface area (Å²) >= 11 is 6.07. The lowest BCUT2D eigenvalue weighted by molar-refractivity contribution is -0.140. The van der Waals surface area contributed by atoms with Crippen LogP contribution < -0.4 is 14.9 Å². The van der Waals surface area contributed by atoms with E-state index in [9.17, 15) is 14.7 Å². The van der Waals surface area contributed by atoms with E-state index >= 15 is 0 Å². The fraction of sp³-hybridized carbons (Fsp3) is 0.360. The van der Waals surface area contributed by atoms with Crippen molar-refractivity contribution in [2.75, 3.05) is 41.4 Å². The van der Waals surface area contributed by atoms with Crippen molar-refractivity contribution in [1.82, 2.24) is 9.80 Å². The van der Waals surface area contributed by atoms with Crippen LogP contribution in [0.25, 0.3) is 11.0 Å². The van der Waals surface area contributed by atoms with Gasteiger partial charge in [0, 0.05) is 23.2 Å². The van der Waals surface area contributed by atoms with Crippen LogP contribution in [0.2, 0.25) is 5.02 Å². The highest BCUT2D eigenvalue weighted by molar-refractivity contribution is 6.31. The third-order valence-electron chi connectivity index (χ3n) is 5.71. The average molecular weight is 489 g/mol. The number of hydrogen-bond donors (Lipinski definition) is 1. The van der Waals surface area contributed by atoms with Gasteiger partial charge in [0.25, 0.3) is 0 Å². The minimum Gasteiger partial charge on any atom is -0.493 e. The Morgan fingerprint density at radius 3 is 2.41 bits per heavy atom. The molecule has 182 valence electrons. The van der Waals surface area contributed by atoms with Crippen molar-refractivity contribution in [1.29, 1.82) is 0 Å². The van der Waals surface area contributed by atoms with Gasteiger partial charge in [-0.3, -0.25) is 9.59 Å². The van der Waals surface area contributed by atoms with E-state index in [0.29, 0.717) is 41.5 Å². The molecule has 1 unspecified atom stereocenters. The van der Waals surface area contributed by atoms with Crippen LogP contribution >= 0.6 is 11.6 Å². The highest BCUT2D eigenvalue weighted by Crippen LogP contribution is 2.38. The van der Waals surface area contributed by atoms with E-state index in [1.807, 2.05) is 19.0 Å². The zero-order valence-corrected chi connectivity index (χ0v) is 20.7. The Morgan fingerprint density at radius 1 is 1.09 bits per heavy atom. The van der Waals surface area contributed by atoms with Gasteiger partial charge < -0.3 is 28.8 Å². The molecule has 1 N–H and O–H groups in total. The molecule has 1 atom stereocenters. The molecule has 0 aliphatic rings. The Bertz CT molecular complexity index is 1240. The third kappa shape index (κ3) is 4.75.